The molecule has 1 aromatic carbocycles. The number of benzene rings is 1. The molecule has 0 aliphatic carbocycles. The first-order valence-electron chi connectivity index (χ1n) is 11.1. The van der Waals surface area contributed by atoms with Gasteiger partial charge in [0, 0.05) is 41.7 Å². The fraction of sp³-hybridized carbons (Fsp3) is 0.545. The van der Waals surface area contributed by atoms with Crippen LogP contribution in [0.2, 0.25) is 0 Å². The van der Waals surface area contributed by atoms with Gasteiger partial charge in [0.2, 0.25) is 17.2 Å². The van der Waals surface area contributed by atoms with Crippen molar-refractivity contribution in [2.75, 3.05) is 13.1 Å². The van der Waals surface area contributed by atoms with Gasteiger partial charge in [-0.1, -0.05) is 19.1 Å². The van der Waals surface area contributed by atoms with Crippen LogP contribution in [0.15, 0.2) is 34.9 Å². The van der Waals surface area contributed by atoms with Gasteiger partial charge in [-0.2, -0.15) is 0 Å². The maximum atomic E-state index is 12.6. The topological polar surface area (TPSA) is 151 Å². The lowest BCUT2D eigenvalue weighted by Gasteiger charge is -2.46. The van der Waals surface area contributed by atoms with Crippen molar-refractivity contribution in [1.29, 1.82) is 0 Å². The minimum absolute atomic E-state index is 0.00696. The van der Waals surface area contributed by atoms with Gasteiger partial charge in [0.1, 0.15) is 11.4 Å². The van der Waals surface area contributed by atoms with Gasteiger partial charge in [-0.25, -0.2) is 13.7 Å². The summed E-state index contributed by atoms with van der Waals surface area (Å²) in [7, 11) is 0. The maximum absolute atomic E-state index is 12.6. The summed E-state index contributed by atoms with van der Waals surface area (Å²) in [4.78, 5) is 28.8. The average molecular weight is 512 g/mol. The number of carboxylic acid groups (broad SMARTS) is 1. The number of aliphatic carboxylic acids is 1. The Morgan fingerprint density at radius 3 is 2.59 bits per heavy atom. The number of β-lactam (4-membered cyclic amide) rings is 1. The number of hydrogen-bond donors (Lipinski definition) is 5. The van der Waals surface area contributed by atoms with E-state index in [0.29, 0.717) is 24.4 Å². The Labute approximate surface area is 204 Å². The number of aliphatic hydroxyl groups is 1. The zero-order valence-corrected chi connectivity index (χ0v) is 20.5. The number of aromatic hydroxyl groups is 1. The van der Waals surface area contributed by atoms with E-state index in [-0.39, 0.29) is 47.2 Å². The zero-order valence-electron chi connectivity index (χ0n) is 18.8. The van der Waals surface area contributed by atoms with E-state index in [2.05, 4.69) is 9.62 Å². The quantitative estimate of drug-likeness (QED) is 0.241. The molecule has 2 saturated heterocycles. The van der Waals surface area contributed by atoms with E-state index in [1.165, 1.54) is 16.7 Å². The van der Waals surface area contributed by atoms with Gasteiger partial charge in [-0.15, -0.1) is 11.8 Å². The third-order valence-electron chi connectivity index (χ3n) is 6.86. The van der Waals surface area contributed by atoms with Crippen LogP contribution < -0.4 is 4.72 Å². The summed E-state index contributed by atoms with van der Waals surface area (Å²) in [6.07, 6.45) is -0.188. The van der Waals surface area contributed by atoms with Gasteiger partial charge < -0.3 is 20.2 Å². The highest BCUT2D eigenvalue weighted by atomic mass is 32.2. The molecule has 12 heteroatoms. The van der Waals surface area contributed by atoms with Gasteiger partial charge in [0.05, 0.1) is 18.1 Å². The second kappa shape index (κ2) is 9.96. The van der Waals surface area contributed by atoms with Gasteiger partial charge >= 0.3 is 5.97 Å². The van der Waals surface area contributed by atoms with E-state index < -0.39 is 29.3 Å². The summed E-state index contributed by atoms with van der Waals surface area (Å²) in [5.74, 6) is -2.14. The molecule has 2 fully saturated rings. The highest BCUT2D eigenvalue weighted by Gasteiger charge is 2.60. The van der Waals surface area contributed by atoms with Gasteiger partial charge in [0.15, 0.2) is 0 Å². The van der Waals surface area contributed by atoms with Crippen LogP contribution in [0.1, 0.15) is 25.8 Å². The molecule has 4 rings (SSSR count). The van der Waals surface area contributed by atoms with Crippen molar-refractivity contribution in [3.05, 3.63) is 40.4 Å². The summed E-state index contributed by atoms with van der Waals surface area (Å²) in [6, 6.07) is 6.44. The monoisotopic (exact) mass is 511 g/mol. The predicted molar refractivity (Wildman–Crippen MR) is 127 cm³/mol. The van der Waals surface area contributed by atoms with E-state index in [1.54, 1.807) is 19.1 Å². The molecule has 0 radical (unpaired) electrons. The van der Waals surface area contributed by atoms with Crippen LogP contribution in [0.5, 0.6) is 5.75 Å². The average Bonchev–Trinajstić information content (AvgIpc) is 3.24. The third kappa shape index (κ3) is 4.75. The lowest BCUT2D eigenvalue weighted by molar-refractivity contribution is -0.163. The number of carbonyl (C=O) groups excluding carboxylic acids is 1. The third-order valence-corrected chi connectivity index (χ3v) is 8.77. The molecule has 5 N–H and O–H groups in total. The first-order chi connectivity index (χ1) is 16.1. The molecule has 34 heavy (non-hydrogen) atoms. The molecule has 186 valence electrons. The number of thioether (sulfide) groups is 1. The van der Waals surface area contributed by atoms with Gasteiger partial charge in [0.25, 0.3) is 0 Å². The SMILES string of the molecule is CC(O)C1C(=O)N2C(C(=O)O)=C(SC3CC(CNS(=O)O)N(Cc4ccc(O)cc4)C3)C(C)C12. The summed E-state index contributed by atoms with van der Waals surface area (Å²) in [5, 5.41) is 29.5. The number of nitrogens with one attached hydrogen (secondary N) is 1. The Bertz CT molecular complexity index is 1020. The molecule has 0 spiro atoms. The Morgan fingerprint density at radius 1 is 1.32 bits per heavy atom. The van der Waals surface area contributed by atoms with Crippen molar-refractivity contribution >= 4 is 34.9 Å². The molecule has 7 atom stereocenters. The molecule has 0 aromatic heterocycles. The van der Waals surface area contributed by atoms with Gasteiger partial charge in [-0.3, -0.25) is 14.2 Å². The van der Waals surface area contributed by atoms with E-state index in [4.69, 9.17) is 0 Å². The van der Waals surface area contributed by atoms with Crippen LogP contribution >= 0.6 is 11.8 Å². The summed E-state index contributed by atoms with van der Waals surface area (Å²) in [6.45, 7) is 4.93. The summed E-state index contributed by atoms with van der Waals surface area (Å²) < 4.78 is 22.9. The van der Waals surface area contributed by atoms with E-state index in [1.807, 2.05) is 19.1 Å². The van der Waals surface area contributed by atoms with Crippen molar-refractivity contribution in [2.45, 2.75) is 50.3 Å². The number of fused-ring (bicyclic) bond motifs is 1. The molecule has 10 nitrogen and oxygen atoms in total. The van der Waals surface area contributed by atoms with Gasteiger partial charge in [-0.05, 0) is 31.0 Å². The molecule has 0 bridgehead atoms. The number of hydrogen-bond acceptors (Lipinski definition) is 7. The van der Waals surface area contributed by atoms with Crippen molar-refractivity contribution in [1.82, 2.24) is 14.5 Å². The highest BCUT2D eigenvalue weighted by Crippen LogP contribution is 2.52. The van der Waals surface area contributed by atoms with Crippen LogP contribution in [0.4, 0.5) is 0 Å². The fourth-order valence-electron chi connectivity index (χ4n) is 5.29. The number of carboxylic acids is 1. The van der Waals surface area contributed by atoms with Crippen LogP contribution in [0, 0.1) is 11.8 Å². The molecule has 3 heterocycles. The number of likely N-dealkylation sites (tertiary alicyclic amines) is 1. The number of carbonyl (C=O) groups is 2. The number of phenols is 1. The first-order valence-corrected chi connectivity index (χ1v) is 13.1. The Kier molecular flexibility index (Phi) is 7.36. The molecule has 3 aliphatic rings. The van der Waals surface area contributed by atoms with Crippen molar-refractivity contribution in [3.63, 3.8) is 0 Å². The number of aliphatic hydroxyl groups excluding tert-OH is 1. The fourth-order valence-corrected chi connectivity index (χ4v) is 7.22. The van der Waals surface area contributed by atoms with Crippen LogP contribution in [0.3, 0.4) is 0 Å². The van der Waals surface area contributed by atoms with Crippen LogP contribution in [-0.4, -0.2) is 82.3 Å². The molecular formula is C22H29N3O7S2. The number of nitrogens with zero attached hydrogens (tertiary/aromatic N) is 2. The molecule has 1 amide bonds. The Balaban J connectivity index is 1.53. The second-order valence-electron chi connectivity index (χ2n) is 9.09. The summed E-state index contributed by atoms with van der Waals surface area (Å²) in [5.41, 5.74) is 0.986. The zero-order chi connectivity index (χ0) is 24.7. The largest absolute Gasteiger partial charge is 0.508 e. The van der Waals surface area contributed by atoms with E-state index in [9.17, 15) is 33.7 Å². The Hall–Kier alpha value is -1.96. The Morgan fingerprint density at radius 2 is 2.00 bits per heavy atom. The van der Waals surface area contributed by atoms with E-state index in [0.717, 1.165) is 5.56 Å². The predicted octanol–water partition coefficient (Wildman–Crippen LogP) is 0.948. The van der Waals surface area contributed by atoms with Crippen molar-refractivity contribution in [3.8, 4) is 5.75 Å². The van der Waals surface area contributed by atoms with Crippen molar-refractivity contribution in [2.24, 2.45) is 11.8 Å². The highest BCUT2D eigenvalue weighted by molar-refractivity contribution is 8.03. The first kappa shape index (κ1) is 25.1. The minimum atomic E-state index is -2.14. The van der Waals surface area contributed by atoms with Crippen LogP contribution in [0.25, 0.3) is 0 Å². The minimum Gasteiger partial charge on any atom is -0.508 e. The molecule has 1 aromatic rings. The number of amides is 1. The second-order valence-corrected chi connectivity index (χ2v) is 11.2. The number of phenolic OH excluding ortho intramolecular Hbond substituents is 1. The van der Waals surface area contributed by atoms with E-state index >= 15 is 0 Å². The number of rotatable bonds is 9. The normalized spacial score (nSPS) is 30.9. The molecule has 0 saturated carbocycles. The lowest BCUT2D eigenvalue weighted by atomic mass is 9.79. The molecule has 3 aliphatic heterocycles. The summed E-state index contributed by atoms with van der Waals surface area (Å²) >= 11 is -0.691. The van der Waals surface area contributed by atoms with Crippen molar-refractivity contribution < 1.29 is 33.7 Å². The van der Waals surface area contributed by atoms with Crippen LogP contribution in [-0.2, 0) is 27.4 Å². The maximum Gasteiger partial charge on any atom is 0.353 e. The standard InChI is InChI=1S/C22H29N3O7S2/c1-11-18-17(12(2)26)21(28)25(18)19(22(29)30)20(11)33-16-7-14(8-23-34(31)32)24(10-16)9-13-3-5-15(27)6-4-13/h3-6,11-12,14,16-18,23,26-27H,7-10H2,1-2H3,(H,29,30)(H,31,32). The molecular weight excluding hydrogens is 482 g/mol. The smallest absolute Gasteiger partial charge is 0.353 e. The molecule has 7 unspecified atom stereocenters. The lowest BCUT2D eigenvalue weighted by Crippen LogP contribution is -2.63.